The number of carbonyl (C=O) groups is 2. The topological polar surface area (TPSA) is 66.1 Å². The summed E-state index contributed by atoms with van der Waals surface area (Å²) in [6, 6.07) is 3.88. The van der Waals surface area contributed by atoms with Crippen molar-refractivity contribution in [1.29, 1.82) is 0 Å². The van der Waals surface area contributed by atoms with Gasteiger partial charge in [-0.1, -0.05) is 0 Å². The van der Waals surface area contributed by atoms with Crippen molar-refractivity contribution in [2.75, 3.05) is 6.54 Å². The fourth-order valence-electron chi connectivity index (χ4n) is 2.50. The zero-order chi connectivity index (χ0) is 13.2. The minimum atomic E-state index is -0.0470. The molecule has 0 saturated carbocycles. The predicted molar refractivity (Wildman–Crippen MR) is 70.4 cm³/mol. The van der Waals surface area contributed by atoms with Crippen molar-refractivity contribution < 1.29 is 9.59 Å². The molecule has 1 aliphatic rings. The number of rotatable bonds is 3. The van der Waals surface area contributed by atoms with E-state index in [1.54, 1.807) is 6.20 Å². The summed E-state index contributed by atoms with van der Waals surface area (Å²) in [7, 11) is 0. The van der Waals surface area contributed by atoms with Crippen molar-refractivity contribution in [3.63, 3.8) is 0 Å². The number of hydrogen-bond donors (Lipinski definition) is 1. The second-order valence-electron chi connectivity index (χ2n) is 4.76. The Morgan fingerprint density at radius 3 is 2.84 bits per heavy atom. The monoisotopic (exact) mass is 257 g/mol. The van der Waals surface area contributed by atoms with Gasteiger partial charge in [0.25, 0.3) is 0 Å². The molecular formula is C14H15N3O2. The number of fused-ring (bicyclic) bond motifs is 1. The van der Waals surface area contributed by atoms with Crippen molar-refractivity contribution in [2.24, 2.45) is 0 Å². The predicted octanol–water partition coefficient (Wildman–Crippen LogP) is 1.64. The van der Waals surface area contributed by atoms with Crippen LogP contribution in [0.25, 0.3) is 11.0 Å². The highest BCUT2D eigenvalue weighted by Crippen LogP contribution is 2.18. The van der Waals surface area contributed by atoms with Crippen LogP contribution in [-0.2, 0) is 16.0 Å². The summed E-state index contributed by atoms with van der Waals surface area (Å²) < 4.78 is 0. The van der Waals surface area contributed by atoms with E-state index in [2.05, 4.69) is 9.97 Å². The maximum Gasteiger partial charge on any atom is 0.229 e. The van der Waals surface area contributed by atoms with Gasteiger partial charge in [0.2, 0.25) is 11.8 Å². The Hall–Kier alpha value is -2.17. The van der Waals surface area contributed by atoms with Gasteiger partial charge in [-0.25, -0.2) is 4.98 Å². The molecule has 1 fully saturated rings. The van der Waals surface area contributed by atoms with E-state index >= 15 is 0 Å². The van der Waals surface area contributed by atoms with Crippen LogP contribution in [0, 0.1) is 0 Å². The Balaban J connectivity index is 1.75. The van der Waals surface area contributed by atoms with Crippen LogP contribution in [0.3, 0.4) is 0 Å². The second kappa shape index (κ2) is 4.84. The molecule has 0 atom stereocenters. The van der Waals surface area contributed by atoms with Gasteiger partial charge < -0.3 is 4.98 Å². The molecule has 0 aliphatic carbocycles. The Bertz CT molecular complexity index is 616. The summed E-state index contributed by atoms with van der Waals surface area (Å²) in [6.07, 6.45) is 5.97. The Morgan fingerprint density at radius 2 is 2.05 bits per heavy atom. The number of hydrogen-bond acceptors (Lipinski definition) is 3. The maximum atomic E-state index is 11.7. The number of likely N-dealkylation sites (tertiary alicyclic amines) is 1. The summed E-state index contributed by atoms with van der Waals surface area (Å²) in [4.78, 5) is 32.1. The molecule has 3 heterocycles. The first-order valence-corrected chi connectivity index (χ1v) is 6.50. The molecule has 5 nitrogen and oxygen atoms in total. The summed E-state index contributed by atoms with van der Waals surface area (Å²) in [6.45, 7) is 0.458. The molecule has 0 unspecified atom stereocenters. The SMILES string of the molecule is O=C1CCCC(=O)N1CCc1c[nH]c2ncccc12. The quantitative estimate of drug-likeness (QED) is 0.850. The van der Waals surface area contributed by atoms with Gasteiger partial charge in [-0.05, 0) is 30.5 Å². The highest BCUT2D eigenvalue weighted by atomic mass is 16.2. The van der Waals surface area contributed by atoms with E-state index in [1.807, 2.05) is 18.3 Å². The van der Waals surface area contributed by atoms with Crippen LogP contribution in [-0.4, -0.2) is 33.2 Å². The molecule has 2 aromatic heterocycles. The number of imide groups is 1. The van der Waals surface area contributed by atoms with Gasteiger partial charge in [-0.2, -0.15) is 0 Å². The van der Waals surface area contributed by atoms with E-state index in [9.17, 15) is 9.59 Å². The summed E-state index contributed by atoms with van der Waals surface area (Å²) >= 11 is 0. The molecule has 0 spiro atoms. The average Bonchev–Trinajstić information content (AvgIpc) is 2.82. The third-order valence-electron chi connectivity index (χ3n) is 3.52. The molecule has 2 amide bonds. The third kappa shape index (κ3) is 2.23. The van der Waals surface area contributed by atoms with Gasteiger partial charge in [0.15, 0.2) is 0 Å². The van der Waals surface area contributed by atoms with Gasteiger partial charge >= 0.3 is 0 Å². The minimum Gasteiger partial charge on any atom is -0.346 e. The number of nitrogens with zero attached hydrogens (tertiary/aromatic N) is 2. The summed E-state index contributed by atoms with van der Waals surface area (Å²) in [5.41, 5.74) is 1.93. The zero-order valence-electron chi connectivity index (χ0n) is 10.6. The third-order valence-corrected chi connectivity index (χ3v) is 3.52. The molecule has 0 aromatic carbocycles. The lowest BCUT2D eigenvalue weighted by Gasteiger charge is -2.24. The molecule has 0 bridgehead atoms. The first-order chi connectivity index (χ1) is 9.25. The lowest BCUT2D eigenvalue weighted by atomic mass is 10.1. The highest BCUT2D eigenvalue weighted by molar-refractivity contribution is 5.97. The molecule has 5 heteroatoms. The van der Waals surface area contributed by atoms with Crippen LogP contribution in [0.5, 0.6) is 0 Å². The number of aromatic nitrogens is 2. The van der Waals surface area contributed by atoms with Crippen molar-refractivity contribution >= 4 is 22.8 Å². The number of carbonyl (C=O) groups excluding carboxylic acids is 2. The highest BCUT2D eigenvalue weighted by Gasteiger charge is 2.25. The van der Waals surface area contributed by atoms with E-state index in [4.69, 9.17) is 0 Å². The maximum absolute atomic E-state index is 11.7. The van der Waals surface area contributed by atoms with Gasteiger partial charge in [0, 0.05) is 37.2 Å². The second-order valence-corrected chi connectivity index (χ2v) is 4.76. The van der Waals surface area contributed by atoms with Gasteiger partial charge in [0.05, 0.1) is 0 Å². The van der Waals surface area contributed by atoms with Crippen molar-refractivity contribution in [1.82, 2.24) is 14.9 Å². The smallest absolute Gasteiger partial charge is 0.229 e. The first kappa shape index (κ1) is 11.9. The molecule has 1 aliphatic heterocycles. The van der Waals surface area contributed by atoms with Crippen molar-refractivity contribution in [3.05, 3.63) is 30.1 Å². The van der Waals surface area contributed by atoms with Crippen LogP contribution in [0.1, 0.15) is 24.8 Å². The van der Waals surface area contributed by atoms with Crippen LogP contribution in [0.15, 0.2) is 24.5 Å². The lowest BCUT2D eigenvalue weighted by Crippen LogP contribution is -2.41. The Labute approximate surface area is 110 Å². The summed E-state index contributed by atoms with van der Waals surface area (Å²) in [5, 5.41) is 1.06. The lowest BCUT2D eigenvalue weighted by molar-refractivity contribution is -0.147. The van der Waals surface area contributed by atoms with Gasteiger partial charge in [-0.15, -0.1) is 0 Å². The number of pyridine rings is 1. The van der Waals surface area contributed by atoms with E-state index in [0.717, 1.165) is 16.6 Å². The Kier molecular flexibility index (Phi) is 3.03. The van der Waals surface area contributed by atoms with E-state index in [-0.39, 0.29) is 11.8 Å². The number of amides is 2. The average molecular weight is 257 g/mol. The summed E-state index contributed by atoms with van der Waals surface area (Å²) in [5.74, 6) is -0.0940. The molecule has 3 rings (SSSR count). The largest absolute Gasteiger partial charge is 0.346 e. The molecule has 1 N–H and O–H groups in total. The van der Waals surface area contributed by atoms with Crippen LogP contribution in [0.4, 0.5) is 0 Å². The fraction of sp³-hybridized carbons (Fsp3) is 0.357. The van der Waals surface area contributed by atoms with Crippen molar-refractivity contribution in [2.45, 2.75) is 25.7 Å². The van der Waals surface area contributed by atoms with Crippen LogP contribution >= 0.6 is 0 Å². The van der Waals surface area contributed by atoms with Crippen LogP contribution in [0.2, 0.25) is 0 Å². The molecule has 2 aromatic rings. The molecule has 1 saturated heterocycles. The number of piperidine rings is 1. The van der Waals surface area contributed by atoms with E-state index in [1.165, 1.54) is 4.90 Å². The Morgan fingerprint density at radius 1 is 1.26 bits per heavy atom. The molecule has 19 heavy (non-hydrogen) atoms. The van der Waals surface area contributed by atoms with Gasteiger partial charge in [-0.3, -0.25) is 14.5 Å². The first-order valence-electron chi connectivity index (χ1n) is 6.50. The number of aromatic amines is 1. The number of nitrogens with one attached hydrogen (secondary N) is 1. The van der Waals surface area contributed by atoms with Gasteiger partial charge in [0.1, 0.15) is 5.65 Å². The van der Waals surface area contributed by atoms with Crippen LogP contribution < -0.4 is 0 Å². The standard InChI is InChI=1S/C14H15N3O2/c18-12-4-1-5-13(19)17(12)8-6-10-9-16-14-11(10)3-2-7-15-14/h2-3,7,9H,1,4-6,8H2,(H,15,16). The number of H-pyrrole nitrogens is 1. The van der Waals surface area contributed by atoms with E-state index in [0.29, 0.717) is 32.2 Å². The molecular weight excluding hydrogens is 242 g/mol. The molecule has 0 radical (unpaired) electrons. The fourth-order valence-corrected chi connectivity index (χ4v) is 2.50. The van der Waals surface area contributed by atoms with Crippen molar-refractivity contribution in [3.8, 4) is 0 Å². The zero-order valence-corrected chi connectivity index (χ0v) is 10.6. The normalized spacial score (nSPS) is 16.3. The minimum absolute atomic E-state index is 0.0470. The molecule has 98 valence electrons. The van der Waals surface area contributed by atoms with E-state index < -0.39 is 0 Å².